The summed E-state index contributed by atoms with van der Waals surface area (Å²) in [6.45, 7) is 0.312. The Hall–Kier alpha value is -1.38. The van der Waals surface area contributed by atoms with Crippen LogP contribution in [-0.4, -0.2) is 43.8 Å². The highest BCUT2D eigenvalue weighted by Crippen LogP contribution is 2.16. The van der Waals surface area contributed by atoms with Crippen LogP contribution in [0.2, 0.25) is 5.15 Å². The predicted octanol–water partition coefficient (Wildman–Crippen LogP) is 0.394. The van der Waals surface area contributed by atoms with E-state index in [4.69, 9.17) is 16.7 Å². The first-order valence-electron chi connectivity index (χ1n) is 4.88. The van der Waals surface area contributed by atoms with Crippen molar-refractivity contribution < 1.29 is 18.3 Å². The highest BCUT2D eigenvalue weighted by atomic mass is 35.5. The van der Waals surface area contributed by atoms with E-state index in [-0.39, 0.29) is 29.6 Å². The lowest BCUT2D eigenvalue weighted by molar-refractivity contribution is 0.0697. The molecule has 18 heavy (non-hydrogen) atoms. The van der Waals surface area contributed by atoms with E-state index in [1.54, 1.807) is 0 Å². The number of pyridine rings is 1. The average molecular weight is 294 g/mol. The highest BCUT2D eigenvalue weighted by Gasteiger charge is 2.11. The van der Waals surface area contributed by atoms with Gasteiger partial charge in [0.2, 0.25) is 10.0 Å². The van der Waals surface area contributed by atoms with Crippen molar-refractivity contribution in [2.45, 2.75) is 0 Å². The number of carboxylic acid groups (broad SMARTS) is 1. The molecule has 0 radical (unpaired) electrons. The van der Waals surface area contributed by atoms with Crippen molar-refractivity contribution in [2.75, 3.05) is 24.7 Å². The van der Waals surface area contributed by atoms with Crippen LogP contribution in [0.4, 0.5) is 5.82 Å². The Morgan fingerprint density at radius 3 is 2.67 bits per heavy atom. The molecule has 1 heterocycles. The smallest absolute Gasteiger partial charge is 0.339 e. The van der Waals surface area contributed by atoms with E-state index in [9.17, 15) is 13.2 Å². The molecule has 0 bridgehead atoms. The molecule has 0 amide bonds. The van der Waals surface area contributed by atoms with Crippen LogP contribution in [-0.2, 0) is 10.0 Å². The molecule has 1 aromatic rings. The number of hydrogen-bond donors (Lipinski definition) is 3. The minimum absolute atomic E-state index is 0.0289. The number of anilines is 1. The van der Waals surface area contributed by atoms with Gasteiger partial charge in [-0.15, -0.1) is 0 Å². The number of nitrogens with one attached hydrogen (secondary N) is 2. The van der Waals surface area contributed by atoms with E-state index in [0.29, 0.717) is 0 Å². The van der Waals surface area contributed by atoms with Crippen LogP contribution >= 0.6 is 11.6 Å². The first kappa shape index (κ1) is 14.7. The standard InChI is InChI=1S/C9H12ClN3O4S/c1-18(16,17)12-5-4-11-8-6(9(14)15)2-3-7(10)13-8/h2-3,12H,4-5H2,1H3,(H,11,13)(H,14,15). The number of aromatic carboxylic acids is 1. The number of aromatic nitrogens is 1. The number of carboxylic acids is 1. The van der Waals surface area contributed by atoms with Crippen LogP contribution in [0, 0.1) is 0 Å². The first-order valence-corrected chi connectivity index (χ1v) is 7.15. The zero-order chi connectivity index (χ0) is 13.8. The van der Waals surface area contributed by atoms with E-state index >= 15 is 0 Å². The Balaban J connectivity index is 2.66. The third kappa shape index (κ3) is 4.86. The van der Waals surface area contributed by atoms with Crippen molar-refractivity contribution in [2.24, 2.45) is 0 Å². The van der Waals surface area contributed by atoms with Gasteiger partial charge in [0.05, 0.1) is 6.26 Å². The van der Waals surface area contributed by atoms with Gasteiger partial charge in [-0.3, -0.25) is 0 Å². The Labute approximate surface area is 109 Å². The second-order valence-electron chi connectivity index (χ2n) is 3.43. The van der Waals surface area contributed by atoms with Crippen molar-refractivity contribution in [3.8, 4) is 0 Å². The normalized spacial score (nSPS) is 11.2. The molecular formula is C9H12ClN3O4S. The molecule has 0 unspecified atom stereocenters. The molecular weight excluding hydrogens is 282 g/mol. The number of sulfonamides is 1. The lowest BCUT2D eigenvalue weighted by Crippen LogP contribution is -2.28. The van der Waals surface area contributed by atoms with Gasteiger partial charge < -0.3 is 10.4 Å². The maximum absolute atomic E-state index is 10.9. The van der Waals surface area contributed by atoms with Crippen molar-refractivity contribution >= 4 is 33.4 Å². The predicted molar refractivity (Wildman–Crippen MR) is 67.5 cm³/mol. The van der Waals surface area contributed by atoms with Crippen LogP contribution in [0.25, 0.3) is 0 Å². The summed E-state index contributed by atoms with van der Waals surface area (Å²) in [5, 5.41) is 11.8. The van der Waals surface area contributed by atoms with Gasteiger partial charge in [0, 0.05) is 13.1 Å². The number of rotatable bonds is 6. The molecule has 9 heteroatoms. The number of halogens is 1. The van der Waals surface area contributed by atoms with E-state index in [1.165, 1.54) is 12.1 Å². The van der Waals surface area contributed by atoms with Crippen LogP contribution < -0.4 is 10.0 Å². The van der Waals surface area contributed by atoms with Crippen molar-refractivity contribution in [1.82, 2.24) is 9.71 Å². The zero-order valence-electron chi connectivity index (χ0n) is 9.47. The summed E-state index contributed by atoms with van der Waals surface area (Å²) in [5.74, 6) is -1.04. The molecule has 0 aliphatic carbocycles. The minimum Gasteiger partial charge on any atom is -0.478 e. The summed E-state index contributed by atoms with van der Waals surface area (Å²) >= 11 is 5.65. The summed E-state index contributed by atoms with van der Waals surface area (Å²) in [6, 6.07) is 2.69. The molecule has 1 rings (SSSR count). The van der Waals surface area contributed by atoms with E-state index in [2.05, 4.69) is 15.0 Å². The monoisotopic (exact) mass is 293 g/mol. The molecule has 0 saturated heterocycles. The second kappa shape index (κ2) is 5.98. The summed E-state index contributed by atoms with van der Waals surface area (Å²) in [6.07, 6.45) is 1.04. The summed E-state index contributed by atoms with van der Waals surface area (Å²) in [5.41, 5.74) is -0.0289. The lowest BCUT2D eigenvalue weighted by atomic mass is 10.2. The van der Waals surface area contributed by atoms with E-state index in [0.717, 1.165) is 6.26 Å². The van der Waals surface area contributed by atoms with Crippen LogP contribution in [0.1, 0.15) is 10.4 Å². The van der Waals surface area contributed by atoms with Crippen LogP contribution in [0.3, 0.4) is 0 Å². The molecule has 0 aliphatic heterocycles. The van der Waals surface area contributed by atoms with Gasteiger partial charge in [0.25, 0.3) is 0 Å². The molecule has 1 aromatic heterocycles. The molecule has 100 valence electrons. The fourth-order valence-electron chi connectivity index (χ4n) is 1.16. The van der Waals surface area contributed by atoms with Gasteiger partial charge in [-0.2, -0.15) is 0 Å². The number of carbonyl (C=O) groups is 1. The average Bonchev–Trinajstić information content (AvgIpc) is 2.22. The Morgan fingerprint density at radius 2 is 2.11 bits per heavy atom. The van der Waals surface area contributed by atoms with Gasteiger partial charge in [0.1, 0.15) is 16.5 Å². The molecule has 0 atom stereocenters. The summed E-state index contributed by atoms with van der Waals surface area (Å²) < 4.78 is 23.9. The summed E-state index contributed by atoms with van der Waals surface area (Å²) in [4.78, 5) is 14.7. The van der Waals surface area contributed by atoms with Gasteiger partial charge in [0.15, 0.2) is 0 Å². The molecule has 7 nitrogen and oxygen atoms in total. The number of nitrogens with zero attached hydrogens (tertiary/aromatic N) is 1. The lowest BCUT2D eigenvalue weighted by Gasteiger charge is -2.08. The maximum atomic E-state index is 10.9. The molecule has 3 N–H and O–H groups in total. The Morgan fingerprint density at radius 1 is 1.44 bits per heavy atom. The largest absolute Gasteiger partial charge is 0.478 e. The van der Waals surface area contributed by atoms with Crippen molar-refractivity contribution in [3.05, 3.63) is 22.8 Å². The van der Waals surface area contributed by atoms with Crippen LogP contribution in [0.5, 0.6) is 0 Å². The quantitative estimate of drug-likeness (QED) is 0.517. The SMILES string of the molecule is CS(=O)(=O)NCCNc1nc(Cl)ccc1C(=O)O. The fourth-order valence-corrected chi connectivity index (χ4v) is 1.78. The second-order valence-corrected chi connectivity index (χ2v) is 5.65. The zero-order valence-corrected chi connectivity index (χ0v) is 11.0. The Kier molecular flexibility index (Phi) is 4.88. The van der Waals surface area contributed by atoms with E-state index < -0.39 is 16.0 Å². The first-order chi connectivity index (χ1) is 8.29. The third-order valence-electron chi connectivity index (χ3n) is 1.87. The van der Waals surface area contributed by atoms with Crippen molar-refractivity contribution in [1.29, 1.82) is 0 Å². The molecule has 0 fully saturated rings. The van der Waals surface area contributed by atoms with Crippen molar-refractivity contribution in [3.63, 3.8) is 0 Å². The van der Waals surface area contributed by atoms with Gasteiger partial charge >= 0.3 is 5.97 Å². The molecule has 0 spiro atoms. The minimum atomic E-state index is -3.27. The Bertz CT molecular complexity index is 547. The summed E-state index contributed by atoms with van der Waals surface area (Å²) in [7, 11) is -3.27. The molecule has 0 aliphatic rings. The molecule has 0 saturated carbocycles. The van der Waals surface area contributed by atoms with Gasteiger partial charge in [-0.25, -0.2) is 22.9 Å². The number of hydrogen-bond acceptors (Lipinski definition) is 5. The van der Waals surface area contributed by atoms with E-state index in [1.807, 2.05) is 0 Å². The van der Waals surface area contributed by atoms with Crippen LogP contribution in [0.15, 0.2) is 12.1 Å². The maximum Gasteiger partial charge on any atom is 0.339 e. The third-order valence-corrected chi connectivity index (χ3v) is 2.81. The fraction of sp³-hybridized carbons (Fsp3) is 0.333. The topological polar surface area (TPSA) is 108 Å². The van der Waals surface area contributed by atoms with Gasteiger partial charge in [-0.1, -0.05) is 11.6 Å². The highest BCUT2D eigenvalue weighted by molar-refractivity contribution is 7.88. The van der Waals surface area contributed by atoms with Gasteiger partial charge in [-0.05, 0) is 12.1 Å². The molecule has 0 aromatic carbocycles.